The molecule has 104 valence electrons. The van der Waals surface area contributed by atoms with Gasteiger partial charge in [0.2, 0.25) is 0 Å². The number of carboxylic acid groups (broad SMARTS) is 1. The Balaban J connectivity index is 1.92. The Hall–Kier alpha value is -1.39. The van der Waals surface area contributed by atoms with E-state index < -0.39 is 17.2 Å². The quantitative estimate of drug-likeness (QED) is 0.831. The highest BCUT2D eigenvalue weighted by atomic mass is 17.2. The van der Waals surface area contributed by atoms with Crippen molar-refractivity contribution >= 4 is 5.97 Å². The van der Waals surface area contributed by atoms with Crippen LogP contribution in [0.2, 0.25) is 0 Å². The lowest BCUT2D eigenvalue weighted by atomic mass is 9.85. The van der Waals surface area contributed by atoms with Crippen molar-refractivity contribution in [3.63, 3.8) is 0 Å². The fourth-order valence-electron chi connectivity index (χ4n) is 2.65. The first-order valence-electron chi connectivity index (χ1n) is 6.53. The number of benzene rings is 1. The van der Waals surface area contributed by atoms with Crippen LogP contribution in [-0.2, 0) is 21.0 Å². The van der Waals surface area contributed by atoms with Gasteiger partial charge in [0, 0.05) is 6.42 Å². The van der Waals surface area contributed by atoms with Crippen molar-refractivity contribution in [3.05, 3.63) is 35.9 Å². The van der Waals surface area contributed by atoms with Gasteiger partial charge in [0.05, 0.1) is 6.42 Å². The second-order valence-electron chi connectivity index (χ2n) is 5.80. The molecule has 4 heteroatoms. The van der Waals surface area contributed by atoms with E-state index >= 15 is 0 Å². The lowest BCUT2D eigenvalue weighted by molar-refractivity contribution is -0.345. The Kier molecular flexibility index (Phi) is 3.92. The van der Waals surface area contributed by atoms with Crippen LogP contribution < -0.4 is 0 Å². The van der Waals surface area contributed by atoms with Gasteiger partial charge >= 0.3 is 5.97 Å². The number of carboxylic acids is 1. The molecule has 1 fully saturated rings. The summed E-state index contributed by atoms with van der Waals surface area (Å²) >= 11 is 0. The molecule has 0 bridgehead atoms. The van der Waals surface area contributed by atoms with Crippen LogP contribution in [0.1, 0.15) is 38.7 Å². The van der Waals surface area contributed by atoms with Gasteiger partial charge in [-0.2, -0.15) is 0 Å². The summed E-state index contributed by atoms with van der Waals surface area (Å²) in [6.45, 7) is 3.76. The van der Waals surface area contributed by atoms with Gasteiger partial charge in [-0.15, -0.1) is 0 Å². The molecule has 1 aliphatic heterocycles. The number of hydrogen-bond acceptors (Lipinski definition) is 3. The summed E-state index contributed by atoms with van der Waals surface area (Å²) in [6, 6.07) is 10.2. The normalized spacial score (nSPS) is 30.4. The Labute approximate surface area is 113 Å². The van der Waals surface area contributed by atoms with Crippen LogP contribution in [0.4, 0.5) is 0 Å². The van der Waals surface area contributed by atoms with E-state index in [9.17, 15) is 4.79 Å². The van der Waals surface area contributed by atoms with E-state index in [-0.39, 0.29) is 6.42 Å². The van der Waals surface area contributed by atoms with Crippen LogP contribution in [0.5, 0.6) is 0 Å². The summed E-state index contributed by atoms with van der Waals surface area (Å²) in [5.74, 6) is -0.863. The van der Waals surface area contributed by atoms with Gasteiger partial charge in [-0.25, -0.2) is 9.78 Å². The second kappa shape index (κ2) is 5.31. The van der Waals surface area contributed by atoms with Crippen molar-refractivity contribution in [2.45, 2.75) is 50.7 Å². The fraction of sp³-hybridized carbons (Fsp3) is 0.533. The van der Waals surface area contributed by atoms with Crippen molar-refractivity contribution in [2.75, 3.05) is 0 Å². The highest BCUT2D eigenvalue weighted by Crippen LogP contribution is 2.40. The largest absolute Gasteiger partial charge is 0.481 e. The van der Waals surface area contributed by atoms with Crippen LogP contribution >= 0.6 is 0 Å². The minimum absolute atomic E-state index is 0.0338. The topological polar surface area (TPSA) is 55.8 Å². The number of aliphatic carboxylic acids is 1. The molecule has 1 aliphatic rings. The van der Waals surface area contributed by atoms with Crippen molar-refractivity contribution in [1.82, 2.24) is 0 Å². The van der Waals surface area contributed by atoms with E-state index in [4.69, 9.17) is 14.9 Å². The molecule has 1 aromatic rings. The molecule has 1 aromatic carbocycles. The molecular weight excluding hydrogens is 244 g/mol. The summed E-state index contributed by atoms with van der Waals surface area (Å²) in [6.07, 6.45) is 2.27. The zero-order valence-corrected chi connectivity index (χ0v) is 11.4. The van der Waals surface area contributed by atoms with Crippen LogP contribution in [0, 0.1) is 0 Å². The minimum atomic E-state index is -0.863. The molecule has 1 heterocycles. The van der Waals surface area contributed by atoms with Gasteiger partial charge in [0.15, 0.2) is 0 Å². The summed E-state index contributed by atoms with van der Waals surface area (Å²) < 4.78 is 0. The van der Waals surface area contributed by atoms with Crippen molar-refractivity contribution in [1.29, 1.82) is 0 Å². The standard InChI is InChI=1S/C15H20O4/c1-14(9-8-12-6-4-3-5-7-12)11-15(2,19-18-14)10-13(16)17/h3-7H,8-11H2,1-2H3,(H,16,17). The van der Waals surface area contributed by atoms with Crippen molar-refractivity contribution in [3.8, 4) is 0 Å². The molecule has 1 saturated heterocycles. The van der Waals surface area contributed by atoms with Gasteiger partial charge in [0.25, 0.3) is 0 Å². The lowest BCUT2D eigenvalue weighted by Crippen LogP contribution is -2.30. The van der Waals surface area contributed by atoms with Gasteiger partial charge in [-0.05, 0) is 32.3 Å². The fourth-order valence-corrected chi connectivity index (χ4v) is 2.65. The van der Waals surface area contributed by atoms with E-state index in [1.807, 2.05) is 25.1 Å². The highest BCUT2D eigenvalue weighted by molar-refractivity contribution is 5.68. The van der Waals surface area contributed by atoms with Crippen molar-refractivity contribution in [2.24, 2.45) is 0 Å². The molecule has 0 spiro atoms. The van der Waals surface area contributed by atoms with E-state index in [2.05, 4.69) is 12.1 Å². The average molecular weight is 264 g/mol. The van der Waals surface area contributed by atoms with Crippen molar-refractivity contribution < 1.29 is 19.7 Å². The highest BCUT2D eigenvalue weighted by Gasteiger charge is 2.47. The van der Waals surface area contributed by atoms with Gasteiger partial charge in [-0.3, -0.25) is 4.79 Å². The molecule has 0 aliphatic carbocycles. The summed E-state index contributed by atoms with van der Waals surface area (Å²) in [7, 11) is 0. The third-order valence-corrected chi connectivity index (χ3v) is 3.50. The molecule has 1 N–H and O–H groups in total. The zero-order chi connectivity index (χ0) is 13.9. The Morgan fingerprint density at radius 3 is 2.47 bits per heavy atom. The van der Waals surface area contributed by atoms with E-state index in [0.717, 1.165) is 12.8 Å². The second-order valence-corrected chi connectivity index (χ2v) is 5.80. The van der Waals surface area contributed by atoms with E-state index in [1.165, 1.54) is 5.56 Å². The third kappa shape index (κ3) is 3.78. The Bertz CT molecular complexity index is 445. The summed E-state index contributed by atoms with van der Waals surface area (Å²) in [5, 5.41) is 8.88. The molecule has 0 saturated carbocycles. The lowest BCUT2D eigenvalue weighted by Gasteiger charge is -2.21. The van der Waals surface area contributed by atoms with Crippen LogP contribution in [0.3, 0.4) is 0 Å². The maximum atomic E-state index is 10.8. The molecule has 0 amide bonds. The number of rotatable bonds is 5. The first-order chi connectivity index (χ1) is 8.91. The first kappa shape index (κ1) is 14.0. The number of hydrogen-bond donors (Lipinski definition) is 1. The van der Waals surface area contributed by atoms with Crippen LogP contribution in [-0.4, -0.2) is 22.3 Å². The van der Waals surface area contributed by atoms with E-state index in [1.54, 1.807) is 6.92 Å². The summed E-state index contributed by atoms with van der Waals surface area (Å²) in [5.41, 5.74) is 0.108. The molecule has 2 rings (SSSR count). The third-order valence-electron chi connectivity index (χ3n) is 3.50. The maximum absolute atomic E-state index is 10.8. The predicted molar refractivity (Wildman–Crippen MR) is 70.6 cm³/mol. The summed E-state index contributed by atoms with van der Waals surface area (Å²) in [4.78, 5) is 21.5. The predicted octanol–water partition coefficient (Wildman–Crippen LogP) is 2.96. The van der Waals surface area contributed by atoms with Crippen LogP contribution in [0.15, 0.2) is 30.3 Å². The molecule has 2 atom stereocenters. The molecule has 0 radical (unpaired) electrons. The van der Waals surface area contributed by atoms with Gasteiger partial charge in [0.1, 0.15) is 11.2 Å². The Morgan fingerprint density at radius 2 is 1.84 bits per heavy atom. The van der Waals surface area contributed by atoms with E-state index in [0.29, 0.717) is 6.42 Å². The minimum Gasteiger partial charge on any atom is -0.481 e. The SMILES string of the molecule is CC1(CCc2ccccc2)CC(C)(CC(=O)O)OO1. The van der Waals surface area contributed by atoms with Gasteiger partial charge in [-0.1, -0.05) is 30.3 Å². The molecule has 19 heavy (non-hydrogen) atoms. The number of carbonyl (C=O) groups is 1. The monoisotopic (exact) mass is 264 g/mol. The maximum Gasteiger partial charge on any atom is 0.306 e. The zero-order valence-electron chi connectivity index (χ0n) is 11.4. The molecule has 2 unspecified atom stereocenters. The Morgan fingerprint density at radius 1 is 1.21 bits per heavy atom. The molecule has 4 nitrogen and oxygen atoms in total. The van der Waals surface area contributed by atoms with Gasteiger partial charge < -0.3 is 5.11 Å². The van der Waals surface area contributed by atoms with Crippen LogP contribution in [0.25, 0.3) is 0 Å². The number of aryl methyl sites for hydroxylation is 1. The molecular formula is C15H20O4. The smallest absolute Gasteiger partial charge is 0.306 e. The first-order valence-corrected chi connectivity index (χ1v) is 6.53. The molecule has 0 aromatic heterocycles. The average Bonchev–Trinajstić information content (AvgIpc) is 2.64.